The lowest BCUT2D eigenvalue weighted by atomic mass is 10.3. The number of nitrogens with zero attached hydrogens (tertiary/aromatic N) is 2. The number of hydrogen-bond donors (Lipinski definition) is 1. The first kappa shape index (κ1) is 15.3. The second-order valence-electron chi connectivity index (χ2n) is 4.79. The smallest absolute Gasteiger partial charge is 0.239 e. The molecule has 1 aliphatic rings. The molecule has 2 heterocycles. The van der Waals surface area contributed by atoms with E-state index >= 15 is 0 Å². The van der Waals surface area contributed by atoms with Gasteiger partial charge in [-0.15, -0.1) is 0 Å². The van der Waals surface area contributed by atoms with Gasteiger partial charge in [0.15, 0.2) is 5.82 Å². The van der Waals surface area contributed by atoms with Gasteiger partial charge in [-0.05, 0) is 26.2 Å². The third kappa shape index (κ3) is 3.96. The Balaban J connectivity index is 1.89. The number of carbonyl (C=O) groups is 1. The number of thiocarbonyl (C=S) groups is 1. The summed E-state index contributed by atoms with van der Waals surface area (Å²) in [6, 6.07) is 1.70. The van der Waals surface area contributed by atoms with Crippen molar-refractivity contribution in [1.29, 1.82) is 0 Å². The molecule has 1 N–H and O–H groups in total. The molecule has 0 radical (unpaired) electrons. The highest BCUT2D eigenvalue weighted by Crippen LogP contribution is 2.23. The fraction of sp³-hybridized carbons (Fsp3) is 0.615. The predicted molar refractivity (Wildman–Crippen MR) is 84.9 cm³/mol. The van der Waals surface area contributed by atoms with E-state index in [1.165, 1.54) is 24.6 Å². The van der Waals surface area contributed by atoms with E-state index in [0.717, 1.165) is 23.8 Å². The molecular weight excluding hydrogens is 294 g/mol. The van der Waals surface area contributed by atoms with Crippen LogP contribution in [0.15, 0.2) is 10.6 Å². The fourth-order valence-electron chi connectivity index (χ4n) is 2.05. The zero-order valence-corrected chi connectivity index (χ0v) is 13.4. The molecule has 0 unspecified atom stereocenters. The van der Waals surface area contributed by atoms with Gasteiger partial charge in [-0.1, -0.05) is 36.1 Å². The first-order valence-corrected chi connectivity index (χ1v) is 8.08. The van der Waals surface area contributed by atoms with Gasteiger partial charge in [-0.2, -0.15) is 0 Å². The van der Waals surface area contributed by atoms with Crippen molar-refractivity contribution in [2.24, 2.45) is 0 Å². The summed E-state index contributed by atoms with van der Waals surface area (Å²) in [6.45, 7) is 5.79. The van der Waals surface area contributed by atoms with E-state index in [2.05, 4.69) is 15.4 Å². The monoisotopic (exact) mass is 313 g/mol. The zero-order valence-electron chi connectivity index (χ0n) is 11.7. The highest BCUT2D eigenvalue weighted by molar-refractivity contribution is 8.23. The third-order valence-corrected chi connectivity index (χ3v) is 4.99. The molecule has 0 bridgehead atoms. The van der Waals surface area contributed by atoms with Crippen molar-refractivity contribution >= 4 is 40.0 Å². The van der Waals surface area contributed by atoms with Gasteiger partial charge in [0.2, 0.25) is 5.91 Å². The maximum Gasteiger partial charge on any atom is 0.239 e. The Kier molecular flexibility index (Phi) is 5.42. The van der Waals surface area contributed by atoms with Crippen molar-refractivity contribution in [1.82, 2.24) is 10.1 Å². The van der Waals surface area contributed by atoms with Gasteiger partial charge in [0.05, 0.1) is 5.25 Å². The van der Waals surface area contributed by atoms with Crippen LogP contribution in [0.1, 0.15) is 31.9 Å². The number of hydrogen-bond acceptors (Lipinski definition) is 5. The summed E-state index contributed by atoms with van der Waals surface area (Å²) in [4.78, 5) is 14.4. The summed E-state index contributed by atoms with van der Waals surface area (Å²) in [6.07, 6.45) is 3.09. The standard InChI is InChI=1S/C13H19N3O2S2/c1-3-10(20-13(19)16-6-4-5-7-16)12(17)14-11-8-9(2)18-15-11/h8,10H,3-7H2,1-2H3,(H,14,15,17)/t10-/m0/s1. The van der Waals surface area contributed by atoms with Crippen molar-refractivity contribution in [2.45, 2.75) is 38.4 Å². The van der Waals surface area contributed by atoms with E-state index in [-0.39, 0.29) is 11.2 Å². The molecule has 2 rings (SSSR count). The zero-order chi connectivity index (χ0) is 14.5. The Morgan fingerprint density at radius 1 is 1.60 bits per heavy atom. The van der Waals surface area contributed by atoms with Crippen molar-refractivity contribution < 1.29 is 9.32 Å². The second kappa shape index (κ2) is 7.08. The molecule has 1 saturated heterocycles. The first-order chi connectivity index (χ1) is 9.60. The number of rotatable bonds is 4. The van der Waals surface area contributed by atoms with Crippen LogP contribution in [0.25, 0.3) is 0 Å². The third-order valence-electron chi connectivity index (χ3n) is 3.15. The second-order valence-corrected chi connectivity index (χ2v) is 6.62. The number of aromatic nitrogens is 1. The highest BCUT2D eigenvalue weighted by Gasteiger charge is 2.24. The number of anilines is 1. The molecule has 110 valence electrons. The van der Waals surface area contributed by atoms with E-state index in [0.29, 0.717) is 11.6 Å². The number of aryl methyl sites for hydroxylation is 1. The Bertz CT molecular complexity index is 484. The molecule has 1 aromatic heterocycles. The number of amides is 1. The van der Waals surface area contributed by atoms with Crippen LogP contribution < -0.4 is 5.32 Å². The van der Waals surface area contributed by atoms with Gasteiger partial charge in [-0.3, -0.25) is 4.79 Å². The number of nitrogens with one attached hydrogen (secondary N) is 1. The van der Waals surface area contributed by atoms with Crippen molar-refractivity contribution in [3.63, 3.8) is 0 Å². The average molecular weight is 313 g/mol. The SMILES string of the molecule is CC[C@H](SC(=S)N1CCCC1)C(=O)Nc1cc(C)on1. The Morgan fingerprint density at radius 2 is 2.30 bits per heavy atom. The Morgan fingerprint density at radius 3 is 2.85 bits per heavy atom. The summed E-state index contributed by atoms with van der Waals surface area (Å²) in [5, 5.41) is 6.34. The van der Waals surface area contributed by atoms with Crippen LogP contribution in [-0.4, -0.2) is 38.6 Å². The molecule has 1 aliphatic heterocycles. The van der Waals surface area contributed by atoms with E-state index in [4.69, 9.17) is 16.7 Å². The van der Waals surface area contributed by atoms with Crippen molar-refractivity contribution in [2.75, 3.05) is 18.4 Å². The minimum atomic E-state index is -0.194. The summed E-state index contributed by atoms with van der Waals surface area (Å²) >= 11 is 6.88. The van der Waals surface area contributed by atoms with Crippen LogP contribution in [0.3, 0.4) is 0 Å². The highest BCUT2D eigenvalue weighted by atomic mass is 32.2. The molecule has 0 aromatic carbocycles. The Labute approximate surface area is 128 Å². The predicted octanol–water partition coefficient (Wildman–Crippen LogP) is 2.81. The molecule has 1 atom stereocenters. The van der Waals surface area contributed by atoms with E-state index < -0.39 is 0 Å². The summed E-state index contributed by atoms with van der Waals surface area (Å²) < 4.78 is 5.76. The lowest BCUT2D eigenvalue weighted by Crippen LogP contribution is -2.30. The van der Waals surface area contributed by atoms with Crippen LogP contribution in [0.5, 0.6) is 0 Å². The number of carbonyl (C=O) groups excluding carboxylic acids is 1. The first-order valence-electron chi connectivity index (χ1n) is 6.80. The van der Waals surface area contributed by atoms with Gasteiger partial charge in [0.25, 0.3) is 0 Å². The van der Waals surface area contributed by atoms with Gasteiger partial charge in [0.1, 0.15) is 10.1 Å². The van der Waals surface area contributed by atoms with Gasteiger partial charge in [0, 0.05) is 19.2 Å². The Hall–Kier alpha value is -1.08. The minimum Gasteiger partial charge on any atom is -0.360 e. The minimum absolute atomic E-state index is 0.0765. The van der Waals surface area contributed by atoms with E-state index in [1.54, 1.807) is 13.0 Å². The lowest BCUT2D eigenvalue weighted by Gasteiger charge is -2.21. The summed E-state index contributed by atoms with van der Waals surface area (Å²) in [5.74, 6) is 1.06. The topological polar surface area (TPSA) is 58.4 Å². The molecular formula is C13H19N3O2S2. The molecule has 0 saturated carbocycles. The quantitative estimate of drug-likeness (QED) is 0.863. The average Bonchev–Trinajstić information content (AvgIpc) is 3.07. The van der Waals surface area contributed by atoms with Gasteiger partial charge in [-0.25, -0.2) is 0 Å². The van der Waals surface area contributed by atoms with Crippen LogP contribution in [0.2, 0.25) is 0 Å². The summed E-state index contributed by atoms with van der Waals surface area (Å²) in [7, 11) is 0. The summed E-state index contributed by atoms with van der Waals surface area (Å²) in [5.41, 5.74) is 0. The molecule has 1 fully saturated rings. The maximum absolute atomic E-state index is 12.2. The molecule has 0 aliphatic carbocycles. The normalized spacial score (nSPS) is 16.2. The molecule has 1 amide bonds. The van der Waals surface area contributed by atoms with Gasteiger partial charge >= 0.3 is 0 Å². The van der Waals surface area contributed by atoms with Crippen LogP contribution in [0.4, 0.5) is 5.82 Å². The van der Waals surface area contributed by atoms with Crippen LogP contribution in [0, 0.1) is 6.92 Å². The fourth-order valence-corrected chi connectivity index (χ4v) is 3.49. The molecule has 1 aromatic rings. The van der Waals surface area contributed by atoms with Gasteiger partial charge < -0.3 is 14.7 Å². The number of likely N-dealkylation sites (tertiary alicyclic amines) is 1. The molecule has 20 heavy (non-hydrogen) atoms. The molecule has 5 nitrogen and oxygen atoms in total. The molecule has 7 heteroatoms. The largest absolute Gasteiger partial charge is 0.360 e. The van der Waals surface area contributed by atoms with E-state index in [9.17, 15) is 4.79 Å². The number of thioether (sulfide) groups is 1. The van der Waals surface area contributed by atoms with Crippen molar-refractivity contribution in [3.05, 3.63) is 11.8 Å². The van der Waals surface area contributed by atoms with E-state index in [1.807, 2.05) is 6.92 Å². The van der Waals surface area contributed by atoms with Crippen LogP contribution >= 0.6 is 24.0 Å². The molecule has 0 spiro atoms. The lowest BCUT2D eigenvalue weighted by molar-refractivity contribution is -0.115. The van der Waals surface area contributed by atoms with Crippen LogP contribution in [-0.2, 0) is 4.79 Å². The maximum atomic E-state index is 12.2. The van der Waals surface area contributed by atoms with Crippen molar-refractivity contribution in [3.8, 4) is 0 Å².